The van der Waals surface area contributed by atoms with Crippen molar-refractivity contribution < 1.29 is 4.79 Å². The highest BCUT2D eigenvalue weighted by Gasteiger charge is 2.17. The van der Waals surface area contributed by atoms with Crippen LogP contribution in [-0.2, 0) is 0 Å². The van der Waals surface area contributed by atoms with Gasteiger partial charge in [-0.3, -0.25) is 4.79 Å². The Morgan fingerprint density at radius 2 is 2.22 bits per heavy atom. The molecule has 0 atom stereocenters. The number of hydrogen-bond donors (Lipinski definition) is 1. The summed E-state index contributed by atoms with van der Waals surface area (Å²) in [6.07, 6.45) is 1.68. The third-order valence-corrected chi connectivity index (χ3v) is 3.49. The molecule has 1 aromatic carbocycles. The number of benzene rings is 1. The molecule has 1 N–H and O–H groups in total. The molecule has 0 aliphatic rings. The average Bonchev–Trinajstić information content (AvgIpc) is 3.04. The van der Waals surface area contributed by atoms with Gasteiger partial charge in [-0.2, -0.15) is 5.26 Å². The van der Waals surface area contributed by atoms with Crippen molar-refractivity contribution in [1.82, 2.24) is 9.97 Å². The summed E-state index contributed by atoms with van der Waals surface area (Å²) in [5.41, 5.74) is 1.78. The van der Waals surface area contributed by atoms with Crippen LogP contribution in [0.1, 0.15) is 21.1 Å². The van der Waals surface area contributed by atoms with Crippen molar-refractivity contribution >= 4 is 28.0 Å². The predicted octanol–water partition coefficient (Wildman–Crippen LogP) is 2.73. The van der Waals surface area contributed by atoms with Crippen LogP contribution < -0.4 is 0 Å². The maximum absolute atomic E-state index is 12.3. The van der Waals surface area contributed by atoms with Crippen molar-refractivity contribution in [1.29, 1.82) is 5.26 Å². The van der Waals surface area contributed by atoms with Crippen molar-refractivity contribution in [3.8, 4) is 6.07 Å². The smallest absolute Gasteiger partial charge is 0.223 e. The molecule has 0 aliphatic heterocycles. The fourth-order valence-electron chi connectivity index (χ4n) is 1.80. The van der Waals surface area contributed by atoms with Crippen LogP contribution in [0.25, 0.3) is 10.9 Å². The number of aromatic nitrogens is 2. The number of nitrogens with one attached hydrogen (secondary N) is 1. The maximum Gasteiger partial charge on any atom is 0.223 e. The third-order valence-electron chi connectivity index (χ3n) is 2.65. The number of aromatic amines is 1. The topological polar surface area (TPSA) is 69.5 Å². The van der Waals surface area contributed by atoms with Crippen LogP contribution in [0.3, 0.4) is 0 Å². The van der Waals surface area contributed by atoms with E-state index in [1.165, 1.54) is 11.3 Å². The first-order chi connectivity index (χ1) is 8.79. The van der Waals surface area contributed by atoms with Crippen LogP contribution in [0.15, 0.2) is 35.8 Å². The van der Waals surface area contributed by atoms with E-state index in [0.29, 0.717) is 10.6 Å². The van der Waals surface area contributed by atoms with Crippen LogP contribution in [0, 0.1) is 11.3 Å². The standard InChI is InChI=1S/C13H7N3OS/c14-5-8-7-18-13(16-8)12(17)10-6-15-11-4-2-1-3-9(10)11/h1-4,6-7,15H. The molecule has 0 spiro atoms. The van der Waals surface area contributed by atoms with E-state index in [-0.39, 0.29) is 11.5 Å². The van der Waals surface area contributed by atoms with E-state index in [9.17, 15) is 4.79 Å². The second-order valence-electron chi connectivity index (χ2n) is 3.73. The van der Waals surface area contributed by atoms with Gasteiger partial charge in [0.05, 0.1) is 5.56 Å². The van der Waals surface area contributed by atoms with Crippen molar-refractivity contribution in [3.63, 3.8) is 0 Å². The van der Waals surface area contributed by atoms with E-state index in [1.807, 2.05) is 30.3 Å². The lowest BCUT2D eigenvalue weighted by Gasteiger charge is -1.94. The summed E-state index contributed by atoms with van der Waals surface area (Å²) >= 11 is 1.19. The minimum Gasteiger partial charge on any atom is -0.360 e. The molecule has 0 saturated heterocycles. The lowest BCUT2D eigenvalue weighted by molar-refractivity contribution is 0.104. The molecule has 0 aliphatic carbocycles. The van der Waals surface area contributed by atoms with Crippen LogP contribution in [0.2, 0.25) is 0 Å². The number of fused-ring (bicyclic) bond motifs is 1. The highest BCUT2D eigenvalue weighted by Crippen LogP contribution is 2.22. The van der Waals surface area contributed by atoms with E-state index in [0.717, 1.165) is 10.9 Å². The zero-order valence-corrected chi connectivity index (χ0v) is 9.99. The van der Waals surface area contributed by atoms with Gasteiger partial charge >= 0.3 is 0 Å². The number of nitriles is 1. The Bertz CT molecular complexity index is 779. The van der Waals surface area contributed by atoms with Crippen molar-refractivity contribution in [2.75, 3.05) is 0 Å². The number of carbonyl (C=O) groups excluding carboxylic acids is 1. The predicted molar refractivity (Wildman–Crippen MR) is 68.6 cm³/mol. The number of para-hydroxylation sites is 1. The van der Waals surface area contributed by atoms with Crippen LogP contribution >= 0.6 is 11.3 Å². The second kappa shape index (κ2) is 4.09. The highest BCUT2D eigenvalue weighted by atomic mass is 32.1. The van der Waals surface area contributed by atoms with Gasteiger partial charge in [-0.05, 0) is 6.07 Å². The molecule has 0 unspecified atom stereocenters. The number of ketones is 1. The molecule has 0 amide bonds. The van der Waals surface area contributed by atoms with Gasteiger partial charge in [-0.15, -0.1) is 11.3 Å². The SMILES string of the molecule is N#Cc1csc(C(=O)c2c[nH]c3ccccc23)n1. The number of hydrogen-bond acceptors (Lipinski definition) is 4. The van der Waals surface area contributed by atoms with Gasteiger partial charge in [0.25, 0.3) is 0 Å². The fraction of sp³-hybridized carbons (Fsp3) is 0. The Kier molecular flexibility index (Phi) is 2.43. The summed E-state index contributed by atoms with van der Waals surface area (Å²) < 4.78 is 0. The molecule has 2 aromatic heterocycles. The van der Waals surface area contributed by atoms with Gasteiger partial charge in [0, 0.05) is 22.5 Å². The molecule has 18 heavy (non-hydrogen) atoms. The third kappa shape index (κ3) is 1.60. The molecule has 5 heteroatoms. The van der Waals surface area contributed by atoms with E-state index in [4.69, 9.17) is 5.26 Å². The normalized spacial score (nSPS) is 10.4. The lowest BCUT2D eigenvalue weighted by Crippen LogP contribution is -1.99. The van der Waals surface area contributed by atoms with Gasteiger partial charge < -0.3 is 4.98 Å². The summed E-state index contributed by atoms with van der Waals surface area (Å²) in [5, 5.41) is 11.5. The second-order valence-corrected chi connectivity index (χ2v) is 4.58. The summed E-state index contributed by atoms with van der Waals surface area (Å²) in [6, 6.07) is 9.51. The molecule has 86 valence electrons. The van der Waals surface area contributed by atoms with E-state index < -0.39 is 0 Å². The van der Waals surface area contributed by atoms with Crippen LogP contribution in [0.5, 0.6) is 0 Å². The number of carbonyl (C=O) groups is 1. The molecule has 2 heterocycles. The minimum absolute atomic E-state index is 0.154. The summed E-state index contributed by atoms with van der Waals surface area (Å²) in [7, 11) is 0. The molecule has 3 rings (SSSR count). The summed E-state index contributed by atoms with van der Waals surface area (Å²) in [6.45, 7) is 0. The van der Waals surface area contributed by atoms with Gasteiger partial charge in [-0.25, -0.2) is 4.98 Å². The van der Waals surface area contributed by atoms with E-state index >= 15 is 0 Å². The van der Waals surface area contributed by atoms with Crippen LogP contribution in [0.4, 0.5) is 0 Å². The van der Waals surface area contributed by atoms with Crippen molar-refractivity contribution in [2.45, 2.75) is 0 Å². The number of H-pyrrole nitrogens is 1. The lowest BCUT2D eigenvalue weighted by atomic mass is 10.1. The van der Waals surface area contributed by atoms with Gasteiger partial charge in [0.2, 0.25) is 5.78 Å². The first kappa shape index (κ1) is 10.7. The Morgan fingerprint density at radius 1 is 1.39 bits per heavy atom. The summed E-state index contributed by atoms with van der Waals surface area (Å²) in [5.74, 6) is -0.154. The highest BCUT2D eigenvalue weighted by molar-refractivity contribution is 7.12. The number of thiazole rings is 1. The Hall–Kier alpha value is -2.45. The molecular formula is C13H7N3OS. The molecule has 4 nitrogen and oxygen atoms in total. The molecule has 0 bridgehead atoms. The van der Waals surface area contributed by atoms with Gasteiger partial charge in [0.1, 0.15) is 6.07 Å². The zero-order valence-electron chi connectivity index (χ0n) is 9.18. The molecule has 0 radical (unpaired) electrons. The monoisotopic (exact) mass is 253 g/mol. The van der Waals surface area contributed by atoms with Crippen molar-refractivity contribution in [3.05, 3.63) is 52.1 Å². The molecule has 0 fully saturated rings. The Morgan fingerprint density at radius 3 is 3.00 bits per heavy atom. The molecular weight excluding hydrogens is 246 g/mol. The van der Waals surface area contributed by atoms with E-state index in [2.05, 4.69) is 9.97 Å². The maximum atomic E-state index is 12.3. The average molecular weight is 253 g/mol. The zero-order chi connectivity index (χ0) is 12.5. The minimum atomic E-state index is -0.154. The number of nitrogens with zero attached hydrogens (tertiary/aromatic N) is 2. The number of rotatable bonds is 2. The Labute approximate surface area is 107 Å². The van der Waals surface area contributed by atoms with E-state index in [1.54, 1.807) is 11.6 Å². The largest absolute Gasteiger partial charge is 0.360 e. The van der Waals surface area contributed by atoms with Gasteiger partial charge in [-0.1, -0.05) is 18.2 Å². The Balaban J connectivity index is 2.10. The molecule has 0 saturated carbocycles. The first-order valence-electron chi connectivity index (χ1n) is 5.26. The fourth-order valence-corrected chi connectivity index (χ4v) is 2.50. The molecule has 3 aromatic rings. The van der Waals surface area contributed by atoms with Crippen molar-refractivity contribution in [2.24, 2.45) is 0 Å². The summed E-state index contributed by atoms with van der Waals surface area (Å²) in [4.78, 5) is 19.3. The first-order valence-corrected chi connectivity index (χ1v) is 6.14. The quantitative estimate of drug-likeness (QED) is 0.714. The van der Waals surface area contributed by atoms with Crippen LogP contribution in [-0.4, -0.2) is 15.8 Å². The van der Waals surface area contributed by atoms with Gasteiger partial charge in [0.15, 0.2) is 10.7 Å².